The Labute approximate surface area is 326 Å². The third-order valence-corrected chi connectivity index (χ3v) is 11.3. The Morgan fingerprint density at radius 1 is 0.298 bits per heavy atom. The molecule has 0 saturated carbocycles. The van der Waals surface area contributed by atoms with Gasteiger partial charge in [0.15, 0.2) is 17.5 Å². The van der Waals surface area contributed by atoms with Crippen LogP contribution in [0.1, 0.15) is 0 Å². The predicted molar refractivity (Wildman–Crippen MR) is 233 cm³/mol. The quantitative estimate of drug-likeness (QED) is 0.169. The molecule has 0 atom stereocenters. The Balaban J connectivity index is 1.21. The number of rotatable bonds is 4. The van der Waals surface area contributed by atoms with E-state index in [0.717, 1.165) is 104 Å². The van der Waals surface area contributed by atoms with Gasteiger partial charge in [-0.25, -0.2) is 19.9 Å². The monoisotopic (exact) mass is 726 g/mol. The van der Waals surface area contributed by atoms with Crippen molar-refractivity contribution in [2.24, 2.45) is 0 Å². The van der Waals surface area contributed by atoms with Gasteiger partial charge in [0.1, 0.15) is 11.3 Å². The zero-order valence-electron chi connectivity index (χ0n) is 30.5. The third-order valence-electron chi connectivity index (χ3n) is 11.3. The molecule has 0 unspecified atom stereocenters. The number of para-hydroxylation sites is 2. The summed E-state index contributed by atoms with van der Waals surface area (Å²) in [4.78, 5) is 21.3. The molecule has 3 heterocycles. The van der Waals surface area contributed by atoms with Crippen molar-refractivity contribution in [3.05, 3.63) is 182 Å². The summed E-state index contributed by atoms with van der Waals surface area (Å²) in [5, 5.41) is 10.6. The summed E-state index contributed by atoms with van der Waals surface area (Å²) in [5.74, 6) is 2.64. The molecule has 57 heavy (non-hydrogen) atoms. The molecule has 0 amide bonds. The minimum atomic E-state index is 0.607. The van der Waals surface area contributed by atoms with Crippen molar-refractivity contribution in [2.75, 3.05) is 0 Å². The second-order valence-electron chi connectivity index (χ2n) is 14.5. The lowest BCUT2D eigenvalue weighted by Gasteiger charge is -2.19. The number of hydrogen-bond acceptors (Lipinski definition) is 5. The van der Waals surface area contributed by atoms with Crippen molar-refractivity contribution < 1.29 is 4.42 Å². The van der Waals surface area contributed by atoms with Crippen LogP contribution in [-0.4, -0.2) is 19.9 Å². The first-order valence-electron chi connectivity index (χ1n) is 19.1. The van der Waals surface area contributed by atoms with Gasteiger partial charge in [-0.2, -0.15) is 0 Å². The molecule has 0 aliphatic carbocycles. The van der Waals surface area contributed by atoms with Crippen molar-refractivity contribution in [1.29, 1.82) is 0 Å². The van der Waals surface area contributed by atoms with Crippen LogP contribution in [0.3, 0.4) is 0 Å². The van der Waals surface area contributed by atoms with Crippen LogP contribution in [-0.2, 0) is 0 Å². The van der Waals surface area contributed by atoms with E-state index >= 15 is 0 Å². The highest BCUT2D eigenvalue weighted by molar-refractivity contribution is 6.23. The Morgan fingerprint density at radius 3 is 1.33 bits per heavy atom. The van der Waals surface area contributed by atoms with Gasteiger partial charge in [-0.05, 0) is 61.3 Å². The van der Waals surface area contributed by atoms with Crippen LogP contribution in [0.25, 0.3) is 122 Å². The number of benzene rings is 9. The fourth-order valence-corrected chi connectivity index (χ4v) is 8.78. The van der Waals surface area contributed by atoms with E-state index in [9.17, 15) is 0 Å². The fourth-order valence-electron chi connectivity index (χ4n) is 8.78. The molecule has 2 aliphatic heterocycles. The minimum Gasteiger partial charge on any atom is -0.455 e. The van der Waals surface area contributed by atoms with Crippen LogP contribution < -0.4 is 0 Å². The molecule has 5 heteroatoms. The lowest BCUT2D eigenvalue weighted by molar-refractivity contribution is 0.623. The van der Waals surface area contributed by atoms with Crippen LogP contribution in [0.15, 0.2) is 186 Å². The summed E-state index contributed by atoms with van der Waals surface area (Å²) in [6.07, 6.45) is 0. The van der Waals surface area contributed by atoms with Crippen molar-refractivity contribution in [1.82, 2.24) is 19.9 Å². The van der Waals surface area contributed by atoms with E-state index in [4.69, 9.17) is 24.4 Å². The number of aromatic nitrogens is 4. The molecular formula is C52H30N4O. The first-order valence-corrected chi connectivity index (χ1v) is 19.1. The molecule has 0 radical (unpaired) electrons. The highest BCUT2D eigenvalue weighted by atomic mass is 16.3. The maximum absolute atomic E-state index is 7.04. The van der Waals surface area contributed by atoms with Crippen LogP contribution >= 0.6 is 0 Å². The van der Waals surface area contributed by atoms with Gasteiger partial charge in [-0.1, -0.05) is 164 Å². The Hall–Kier alpha value is -7.76. The average Bonchev–Trinajstić information content (AvgIpc) is 3.68. The van der Waals surface area contributed by atoms with Gasteiger partial charge in [0.25, 0.3) is 0 Å². The van der Waals surface area contributed by atoms with E-state index in [2.05, 4.69) is 158 Å². The Kier molecular flexibility index (Phi) is 6.86. The summed E-state index contributed by atoms with van der Waals surface area (Å²) in [6.45, 7) is 0. The SMILES string of the molecule is c1ccc2c(-c3nc(-c4cccc5ccccc45)nc(-c4c5ccccc5c(-c5oc6ccccc6c6nc7ccccc7c5-6)c5ccccc45)n3)cccc2c1. The molecule has 0 fully saturated rings. The van der Waals surface area contributed by atoms with Crippen LogP contribution in [0.2, 0.25) is 0 Å². The minimum absolute atomic E-state index is 0.607. The van der Waals surface area contributed by atoms with Crippen LogP contribution in [0, 0.1) is 0 Å². The topological polar surface area (TPSA) is 64.7 Å². The Morgan fingerprint density at radius 2 is 0.737 bits per heavy atom. The summed E-state index contributed by atoms with van der Waals surface area (Å²) >= 11 is 0. The molecule has 10 aromatic rings. The second kappa shape index (κ2) is 12.4. The van der Waals surface area contributed by atoms with Gasteiger partial charge in [0, 0.05) is 33.0 Å². The van der Waals surface area contributed by atoms with Crippen molar-refractivity contribution in [3.8, 4) is 56.7 Å². The molecule has 12 rings (SSSR count). The van der Waals surface area contributed by atoms with E-state index in [1.54, 1.807) is 0 Å². The fraction of sp³-hybridized carbons (Fsp3) is 0. The highest BCUT2D eigenvalue weighted by Gasteiger charge is 2.28. The molecule has 0 N–H and O–H groups in total. The van der Waals surface area contributed by atoms with E-state index in [0.29, 0.717) is 17.5 Å². The van der Waals surface area contributed by atoms with Gasteiger partial charge < -0.3 is 4.42 Å². The lowest BCUT2D eigenvalue weighted by atomic mass is 9.88. The molecule has 0 saturated heterocycles. The van der Waals surface area contributed by atoms with Crippen molar-refractivity contribution in [2.45, 2.75) is 0 Å². The first kappa shape index (κ1) is 31.6. The summed E-state index contributed by atoms with van der Waals surface area (Å²) in [7, 11) is 0. The average molecular weight is 727 g/mol. The van der Waals surface area contributed by atoms with Crippen molar-refractivity contribution >= 4 is 65.0 Å². The summed E-state index contributed by atoms with van der Waals surface area (Å²) < 4.78 is 7.04. The number of nitrogens with zero attached hydrogens (tertiary/aromatic N) is 4. The molecule has 2 aliphatic rings. The molecule has 9 aromatic carbocycles. The van der Waals surface area contributed by atoms with E-state index in [1.165, 1.54) is 0 Å². The molecule has 0 spiro atoms. The normalized spacial score (nSPS) is 11.9. The molecular weight excluding hydrogens is 697 g/mol. The molecule has 5 nitrogen and oxygen atoms in total. The van der Waals surface area contributed by atoms with Gasteiger partial charge in [-0.3, -0.25) is 0 Å². The van der Waals surface area contributed by atoms with E-state index < -0.39 is 0 Å². The van der Waals surface area contributed by atoms with Gasteiger partial charge in [-0.15, -0.1) is 0 Å². The zero-order chi connectivity index (χ0) is 37.5. The predicted octanol–water partition coefficient (Wildman–Crippen LogP) is 13.6. The van der Waals surface area contributed by atoms with Crippen LogP contribution in [0.4, 0.5) is 0 Å². The van der Waals surface area contributed by atoms with E-state index in [-0.39, 0.29) is 0 Å². The maximum Gasteiger partial charge on any atom is 0.165 e. The maximum atomic E-state index is 7.04. The molecule has 0 bridgehead atoms. The van der Waals surface area contributed by atoms with Gasteiger partial charge in [0.05, 0.1) is 16.8 Å². The number of hydrogen-bond donors (Lipinski definition) is 0. The largest absolute Gasteiger partial charge is 0.455 e. The molecule has 264 valence electrons. The zero-order valence-corrected chi connectivity index (χ0v) is 30.5. The van der Waals surface area contributed by atoms with Gasteiger partial charge in [0.2, 0.25) is 0 Å². The van der Waals surface area contributed by atoms with Gasteiger partial charge >= 0.3 is 0 Å². The molecule has 1 aromatic heterocycles. The lowest BCUT2D eigenvalue weighted by Crippen LogP contribution is -2.02. The first-order chi connectivity index (χ1) is 28.3. The van der Waals surface area contributed by atoms with Crippen molar-refractivity contribution in [3.63, 3.8) is 0 Å². The smallest absolute Gasteiger partial charge is 0.165 e. The number of fused-ring (bicyclic) bond motifs is 9. The highest BCUT2D eigenvalue weighted by Crippen LogP contribution is 2.50. The standard InChI is InChI=1S/C52H30N4O/c1-3-19-33-31(15-1)17-13-27-39(33)50-54-51(40-28-14-18-32-16-2-4-20-34(32)40)56-52(55-50)46-37-23-7-5-21-35(37)45(36-22-6-8-24-38(36)46)49-47-41-25-9-11-29-43(41)53-48(47)42-26-10-12-30-44(42)57-49/h1-30H. The second-order valence-corrected chi connectivity index (χ2v) is 14.5. The van der Waals surface area contributed by atoms with E-state index in [1.807, 2.05) is 24.3 Å². The Bertz CT molecular complexity index is 3380. The van der Waals surface area contributed by atoms with Crippen LogP contribution in [0.5, 0.6) is 0 Å². The summed E-state index contributed by atoms with van der Waals surface area (Å²) in [5.41, 5.74) is 7.53. The third kappa shape index (κ3) is 4.82. The summed E-state index contributed by atoms with van der Waals surface area (Å²) in [6, 6.07) is 63.1.